The molecule has 1 aliphatic heterocycles. The van der Waals surface area contributed by atoms with Crippen LogP contribution >= 0.6 is 27.7 Å². The summed E-state index contributed by atoms with van der Waals surface area (Å²) in [7, 11) is 1.62. The molecule has 1 atom stereocenters. The molecule has 3 aromatic carbocycles. The lowest BCUT2D eigenvalue weighted by molar-refractivity contribution is -0.113. The van der Waals surface area contributed by atoms with Gasteiger partial charge in [-0.2, -0.15) is 4.98 Å². The second-order valence-corrected chi connectivity index (χ2v) is 12.4. The zero-order valence-electron chi connectivity index (χ0n) is 25.0. The molecule has 1 amide bonds. The van der Waals surface area contributed by atoms with Gasteiger partial charge in [0, 0.05) is 21.6 Å². The number of carbonyl (C=O) groups is 1. The summed E-state index contributed by atoms with van der Waals surface area (Å²) in [6.07, 6.45) is 2.17. The summed E-state index contributed by atoms with van der Waals surface area (Å²) in [5, 5.41) is 12.0. The molecule has 8 nitrogen and oxygen atoms in total. The Labute approximate surface area is 265 Å². The van der Waals surface area contributed by atoms with Crippen LogP contribution in [0.5, 0.6) is 11.5 Å². The summed E-state index contributed by atoms with van der Waals surface area (Å²) in [5.41, 5.74) is 6.03. The first-order chi connectivity index (χ1) is 20.8. The summed E-state index contributed by atoms with van der Waals surface area (Å²) in [5.74, 6) is 2.49. The molecule has 0 saturated carbocycles. The Morgan fingerprint density at radius 1 is 1.09 bits per heavy atom. The second kappa shape index (κ2) is 13.7. The van der Waals surface area contributed by atoms with E-state index in [1.807, 2.05) is 81.4 Å². The number of allylic oxidation sites excluding steroid dienone is 1. The average molecular weight is 663 g/mol. The largest absolute Gasteiger partial charge is 0.493 e. The van der Waals surface area contributed by atoms with Crippen molar-refractivity contribution in [2.75, 3.05) is 23.5 Å². The normalized spacial score (nSPS) is 14.2. The summed E-state index contributed by atoms with van der Waals surface area (Å²) in [6.45, 7) is 8.50. The van der Waals surface area contributed by atoms with Gasteiger partial charge >= 0.3 is 0 Å². The number of thioether (sulfide) groups is 1. The molecular formula is C33H36BrN5O3S. The molecule has 224 valence electrons. The van der Waals surface area contributed by atoms with Crippen LogP contribution < -0.4 is 20.1 Å². The minimum atomic E-state index is -0.539. The van der Waals surface area contributed by atoms with Crippen molar-refractivity contribution in [2.45, 2.75) is 58.3 Å². The highest BCUT2D eigenvalue weighted by Crippen LogP contribution is 2.40. The van der Waals surface area contributed by atoms with Gasteiger partial charge in [0.1, 0.15) is 12.6 Å². The predicted octanol–water partition coefficient (Wildman–Crippen LogP) is 8.06. The van der Waals surface area contributed by atoms with Gasteiger partial charge in [0.25, 0.3) is 5.91 Å². The van der Waals surface area contributed by atoms with E-state index in [1.165, 1.54) is 0 Å². The Morgan fingerprint density at radius 2 is 1.91 bits per heavy atom. The highest BCUT2D eigenvalue weighted by molar-refractivity contribution is 9.10. The number of amides is 1. The van der Waals surface area contributed by atoms with E-state index in [9.17, 15) is 4.79 Å². The van der Waals surface area contributed by atoms with E-state index in [1.54, 1.807) is 23.6 Å². The zero-order valence-corrected chi connectivity index (χ0v) is 27.4. The summed E-state index contributed by atoms with van der Waals surface area (Å²) in [6, 6.07) is 19.1. The molecule has 0 spiro atoms. The second-order valence-electron chi connectivity index (χ2n) is 10.5. The quantitative estimate of drug-likeness (QED) is 0.124. The molecule has 0 radical (unpaired) electrons. The minimum Gasteiger partial charge on any atom is -0.493 e. The van der Waals surface area contributed by atoms with Crippen LogP contribution in [0.15, 0.2) is 81.6 Å². The molecule has 2 N–H and O–H groups in total. The maximum Gasteiger partial charge on any atom is 0.255 e. The molecule has 5 rings (SSSR count). The summed E-state index contributed by atoms with van der Waals surface area (Å²) in [4.78, 5) is 18.8. The number of hydrogen-bond acceptors (Lipinski definition) is 7. The number of nitrogens with one attached hydrogen (secondary N) is 2. The van der Waals surface area contributed by atoms with E-state index in [-0.39, 0.29) is 5.91 Å². The van der Waals surface area contributed by atoms with E-state index in [2.05, 4.69) is 33.5 Å². The van der Waals surface area contributed by atoms with Crippen LogP contribution in [0.25, 0.3) is 0 Å². The van der Waals surface area contributed by atoms with Crippen molar-refractivity contribution < 1.29 is 14.3 Å². The smallest absolute Gasteiger partial charge is 0.255 e. The van der Waals surface area contributed by atoms with Crippen molar-refractivity contribution in [2.24, 2.45) is 0 Å². The van der Waals surface area contributed by atoms with Gasteiger partial charge in [-0.15, -0.1) is 5.10 Å². The van der Waals surface area contributed by atoms with Crippen molar-refractivity contribution in [3.8, 4) is 11.5 Å². The highest BCUT2D eigenvalue weighted by Gasteiger charge is 2.35. The standard InChI is InChI=1S/C33H36BrN5O3S/c1-6-7-16-43-33-37-32-35-22(4)29(31(40)36-26-13-8-10-20(2)21(26)3)30(39(32)38-33)24-14-15-27(28(18-24)41-5)42-19-23-11-9-12-25(34)17-23/h8-15,17-18,30H,6-7,16,19H2,1-5H3,(H,36,40)(H,35,37,38). The number of halogens is 1. The van der Waals surface area contributed by atoms with Crippen LogP contribution in [0, 0.1) is 13.8 Å². The third-order valence-corrected chi connectivity index (χ3v) is 8.86. The van der Waals surface area contributed by atoms with Gasteiger partial charge in [-0.3, -0.25) is 4.79 Å². The molecule has 43 heavy (non-hydrogen) atoms. The number of rotatable bonds is 11. The topological polar surface area (TPSA) is 90.3 Å². The molecule has 2 heterocycles. The van der Waals surface area contributed by atoms with Gasteiger partial charge in [-0.25, -0.2) is 4.68 Å². The molecule has 10 heteroatoms. The monoisotopic (exact) mass is 661 g/mol. The van der Waals surface area contributed by atoms with Gasteiger partial charge in [-0.05, 0) is 79.8 Å². The highest BCUT2D eigenvalue weighted by atomic mass is 79.9. The van der Waals surface area contributed by atoms with Gasteiger partial charge in [0.2, 0.25) is 11.1 Å². The number of ether oxygens (including phenoxy) is 2. The number of carbonyl (C=O) groups excluding carboxylic acids is 1. The van der Waals surface area contributed by atoms with Crippen LogP contribution in [0.2, 0.25) is 0 Å². The van der Waals surface area contributed by atoms with Crippen LogP contribution in [0.1, 0.15) is 55.0 Å². The number of aryl methyl sites for hydroxylation is 1. The fourth-order valence-corrected chi connectivity index (χ4v) is 6.30. The predicted molar refractivity (Wildman–Crippen MR) is 176 cm³/mol. The van der Waals surface area contributed by atoms with Crippen molar-refractivity contribution in [3.05, 3.63) is 98.7 Å². The van der Waals surface area contributed by atoms with Gasteiger partial charge < -0.3 is 20.1 Å². The molecule has 0 fully saturated rings. The number of methoxy groups -OCH3 is 1. The maximum atomic E-state index is 14.0. The van der Waals surface area contributed by atoms with Gasteiger partial charge in [-0.1, -0.05) is 71.4 Å². The van der Waals surface area contributed by atoms with E-state index >= 15 is 0 Å². The molecular weight excluding hydrogens is 626 g/mol. The Morgan fingerprint density at radius 3 is 2.67 bits per heavy atom. The first-order valence-electron chi connectivity index (χ1n) is 14.3. The van der Waals surface area contributed by atoms with E-state index in [4.69, 9.17) is 19.6 Å². The number of aromatic nitrogens is 3. The van der Waals surface area contributed by atoms with Crippen molar-refractivity contribution >= 4 is 45.2 Å². The lowest BCUT2D eigenvalue weighted by atomic mass is 9.94. The number of nitrogens with zero attached hydrogens (tertiary/aromatic N) is 3. The molecule has 1 aliphatic rings. The first kappa shape index (κ1) is 30.7. The average Bonchev–Trinajstić information content (AvgIpc) is 3.40. The van der Waals surface area contributed by atoms with Crippen molar-refractivity contribution in [1.29, 1.82) is 0 Å². The Kier molecular flexibility index (Phi) is 9.77. The third kappa shape index (κ3) is 6.91. The molecule has 4 aromatic rings. The first-order valence-corrected chi connectivity index (χ1v) is 16.1. The number of hydrogen-bond donors (Lipinski definition) is 2. The SMILES string of the molecule is CCCCSc1nc2n(n1)C(c1ccc(OCc3cccc(Br)c3)c(OC)c1)C(C(=O)Nc1cccc(C)c1C)=C(C)N2. The summed E-state index contributed by atoms with van der Waals surface area (Å²) < 4.78 is 14.7. The minimum absolute atomic E-state index is 0.209. The fraction of sp³-hybridized carbons (Fsp3) is 0.303. The number of fused-ring (bicyclic) bond motifs is 1. The lowest BCUT2D eigenvalue weighted by Crippen LogP contribution is -2.31. The maximum absolute atomic E-state index is 14.0. The third-order valence-electron chi connectivity index (χ3n) is 7.45. The lowest BCUT2D eigenvalue weighted by Gasteiger charge is -2.29. The van der Waals surface area contributed by atoms with E-state index in [0.29, 0.717) is 40.5 Å². The van der Waals surface area contributed by atoms with Gasteiger partial charge in [0.05, 0.1) is 12.7 Å². The number of benzene rings is 3. The van der Waals surface area contributed by atoms with E-state index in [0.717, 1.165) is 51.0 Å². The Hall–Kier alpha value is -3.76. The van der Waals surface area contributed by atoms with Crippen LogP contribution in [0.4, 0.5) is 11.6 Å². The van der Waals surface area contributed by atoms with E-state index < -0.39 is 6.04 Å². The molecule has 1 unspecified atom stereocenters. The molecule has 1 aromatic heterocycles. The molecule has 0 bridgehead atoms. The Balaban J connectivity index is 1.51. The number of unbranched alkanes of at least 4 members (excludes halogenated alkanes) is 1. The zero-order chi connectivity index (χ0) is 30.5. The van der Waals surface area contributed by atoms with Crippen molar-refractivity contribution in [1.82, 2.24) is 14.8 Å². The molecule has 0 saturated heterocycles. The summed E-state index contributed by atoms with van der Waals surface area (Å²) >= 11 is 5.13. The Bertz CT molecular complexity index is 1670. The number of anilines is 2. The van der Waals surface area contributed by atoms with Crippen LogP contribution in [-0.2, 0) is 11.4 Å². The van der Waals surface area contributed by atoms with Crippen LogP contribution in [0.3, 0.4) is 0 Å². The molecule has 0 aliphatic carbocycles. The van der Waals surface area contributed by atoms with Crippen molar-refractivity contribution in [3.63, 3.8) is 0 Å². The van der Waals surface area contributed by atoms with Gasteiger partial charge in [0.15, 0.2) is 11.5 Å². The fourth-order valence-electron chi connectivity index (χ4n) is 4.94. The van der Waals surface area contributed by atoms with Crippen LogP contribution in [-0.4, -0.2) is 33.5 Å².